The molecule has 21 heavy (non-hydrogen) atoms. The highest BCUT2D eigenvalue weighted by molar-refractivity contribution is 5.85. The van der Waals surface area contributed by atoms with Crippen LogP contribution in [0.25, 0.3) is 0 Å². The van der Waals surface area contributed by atoms with E-state index in [9.17, 15) is 0 Å². The lowest BCUT2D eigenvalue weighted by Crippen LogP contribution is -2.29. The van der Waals surface area contributed by atoms with E-state index in [0.717, 1.165) is 31.7 Å². The zero-order valence-electron chi connectivity index (χ0n) is 13.6. The molecule has 0 N–H and O–H groups in total. The molecule has 0 radical (unpaired) electrons. The molecule has 1 saturated heterocycles. The molecule has 0 spiro atoms. The van der Waals surface area contributed by atoms with Crippen LogP contribution in [0.5, 0.6) is 5.75 Å². The van der Waals surface area contributed by atoms with Gasteiger partial charge in [-0.25, -0.2) is 0 Å². The normalized spacial score (nSPS) is 16.1. The van der Waals surface area contributed by atoms with Gasteiger partial charge in [0.25, 0.3) is 0 Å². The minimum absolute atomic E-state index is 0. The summed E-state index contributed by atoms with van der Waals surface area (Å²) in [5.74, 6) is 1.15. The van der Waals surface area contributed by atoms with Crippen LogP contribution in [0.3, 0.4) is 0 Å². The summed E-state index contributed by atoms with van der Waals surface area (Å²) in [6, 6.07) is 6.54. The molecule has 0 bridgehead atoms. The van der Waals surface area contributed by atoms with Crippen LogP contribution in [-0.4, -0.2) is 31.1 Å². The first-order valence-electron chi connectivity index (χ1n) is 8.31. The van der Waals surface area contributed by atoms with Gasteiger partial charge in [0, 0.05) is 6.54 Å². The average molecular weight is 312 g/mol. The van der Waals surface area contributed by atoms with Crippen LogP contribution in [0.2, 0.25) is 0 Å². The Balaban J connectivity index is 0.00000220. The van der Waals surface area contributed by atoms with E-state index in [0.29, 0.717) is 0 Å². The van der Waals surface area contributed by atoms with E-state index in [-0.39, 0.29) is 12.4 Å². The standard InChI is InChI=1S/C18H29NO.ClH/c1-3-16-10-9-11-17(4-2)18(16)20-15-14-19-12-7-5-6-8-13-19;/h9-11H,3-8,12-15H2,1-2H3;1H. The fourth-order valence-corrected chi connectivity index (χ4v) is 3.02. The molecule has 0 aromatic heterocycles. The molecule has 0 aliphatic carbocycles. The Hall–Kier alpha value is -0.730. The third kappa shape index (κ3) is 5.52. The highest BCUT2D eigenvalue weighted by Crippen LogP contribution is 2.25. The molecule has 1 aliphatic heterocycles. The van der Waals surface area contributed by atoms with Crippen molar-refractivity contribution in [3.8, 4) is 5.75 Å². The number of rotatable bonds is 6. The number of likely N-dealkylation sites (tertiary alicyclic amines) is 1. The summed E-state index contributed by atoms with van der Waals surface area (Å²) >= 11 is 0. The van der Waals surface area contributed by atoms with Gasteiger partial charge in [0.05, 0.1) is 0 Å². The summed E-state index contributed by atoms with van der Waals surface area (Å²) in [6.07, 6.45) is 7.60. The predicted molar refractivity (Wildman–Crippen MR) is 92.8 cm³/mol. The van der Waals surface area contributed by atoms with Crippen molar-refractivity contribution in [3.05, 3.63) is 29.3 Å². The summed E-state index contributed by atoms with van der Waals surface area (Å²) in [5, 5.41) is 0. The maximum Gasteiger partial charge on any atom is 0.125 e. The Morgan fingerprint density at radius 3 is 2.05 bits per heavy atom. The lowest BCUT2D eigenvalue weighted by Gasteiger charge is -2.21. The van der Waals surface area contributed by atoms with Crippen molar-refractivity contribution in [2.75, 3.05) is 26.2 Å². The van der Waals surface area contributed by atoms with Crippen molar-refractivity contribution in [1.82, 2.24) is 4.90 Å². The molecular weight excluding hydrogens is 282 g/mol. The largest absolute Gasteiger partial charge is 0.492 e. The van der Waals surface area contributed by atoms with E-state index >= 15 is 0 Å². The number of para-hydroxylation sites is 1. The van der Waals surface area contributed by atoms with Crippen molar-refractivity contribution in [2.24, 2.45) is 0 Å². The van der Waals surface area contributed by atoms with Gasteiger partial charge in [-0.3, -0.25) is 4.90 Å². The van der Waals surface area contributed by atoms with Gasteiger partial charge in [-0.15, -0.1) is 12.4 Å². The lowest BCUT2D eigenvalue weighted by molar-refractivity contribution is 0.212. The Kier molecular flexibility index (Phi) is 8.79. The van der Waals surface area contributed by atoms with E-state index < -0.39 is 0 Å². The van der Waals surface area contributed by atoms with Crippen LogP contribution in [0.4, 0.5) is 0 Å². The van der Waals surface area contributed by atoms with Crippen LogP contribution in [0, 0.1) is 0 Å². The van der Waals surface area contributed by atoms with Crippen LogP contribution >= 0.6 is 12.4 Å². The molecule has 0 saturated carbocycles. The molecule has 1 aromatic rings. The molecule has 1 heterocycles. The maximum atomic E-state index is 6.15. The zero-order chi connectivity index (χ0) is 14.2. The molecule has 1 aliphatic rings. The second kappa shape index (κ2) is 10.1. The Morgan fingerprint density at radius 1 is 0.952 bits per heavy atom. The predicted octanol–water partition coefficient (Wildman–Crippen LogP) is 4.49. The number of hydrogen-bond donors (Lipinski definition) is 0. The first-order chi connectivity index (χ1) is 9.85. The van der Waals surface area contributed by atoms with Crippen molar-refractivity contribution in [1.29, 1.82) is 0 Å². The molecule has 1 fully saturated rings. The van der Waals surface area contributed by atoms with Crippen molar-refractivity contribution < 1.29 is 4.74 Å². The Bertz CT molecular complexity index is 378. The van der Waals surface area contributed by atoms with Gasteiger partial charge < -0.3 is 4.74 Å². The van der Waals surface area contributed by atoms with E-state index in [1.54, 1.807) is 0 Å². The van der Waals surface area contributed by atoms with Gasteiger partial charge in [-0.1, -0.05) is 44.9 Å². The Morgan fingerprint density at radius 2 is 1.52 bits per heavy atom. The number of halogens is 1. The van der Waals surface area contributed by atoms with Gasteiger partial charge in [-0.2, -0.15) is 0 Å². The molecule has 1 aromatic carbocycles. The molecule has 0 amide bonds. The summed E-state index contributed by atoms with van der Waals surface area (Å²) in [7, 11) is 0. The van der Waals surface area contributed by atoms with Crippen LogP contribution in [0.15, 0.2) is 18.2 Å². The number of benzene rings is 1. The van der Waals surface area contributed by atoms with Crippen molar-refractivity contribution in [3.63, 3.8) is 0 Å². The summed E-state index contributed by atoms with van der Waals surface area (Å²) in [5.41, 5.74) is 2.69. The minimum atomic E-state index is 0. The van der Waals surface area contributed by atoms with Gasteiger partial charge in [-0.05, 0) is 49.9 Å². The lowest BCUT2D eigenvalue weighted by atomic mass is 10.1. The highest BCUT2D eigenvalue weighted by Gasteiger charge is 2.11. The first kappa shape index (κ1) is 18.3. The van der Waals surface area contributed by atoms with Gasteiger partial charge in [0.2, 0.25) is 0 Å². The van der Waals surface area contributed by atoms with Crippen molar-refractivity contribution in [2.45, 2.75) is 52.4 Å². The van der Waals surface area contributed by atoms with Gasteiger partial charge in [0.1, 0.15) is 12.4 Å². The maximum absolute atomic E-state index is 6.15. The van der Waals surface area contributed by atoms with Gasteiger partial charge in [0.15, 0.2) is 0 Å². The molecule has 2 nitrogen and oxygen atoms in total. The number of ether oxygens (including phenoxy) is 1. The smallest absolute Gasteiger partial charge is 0.125 e. The third-order valence-electron chi connectivity index (χ3n) is 4.29. The van der Waals surface area contributed by atoms with E-state index in [4.69, 9.17) is 4.74 Å². The first-order valence-corrected chi connectivity index (χ1v) is 8.31. The zero-order valence-corrected chi connectivity index (χ0v) is 14.4. The monoisotopic (exact) mass is 311 g/mol. The second-order valence-corrected chi connectivity index (χ2v) is 5.72. The number of nitrogens with zero attached hydrogens (tertiary/aromatic N) is 1. The fourth-order valence-electron chi connectivity index (χ4n) is 3.02. The highest BCUT2D eigenvalue weighted by atomic mass is 35.5. The van der Waals surface area contributed by atoms with Crippen molar-refractivity contribution >= 4 is 12.4 Å². The SMILES string of the molecule is CCc1cccc(CC)c1OCCN1CCCCCC1.Cl. The second-order valence-electron chi connectivity index (χ2n) is 5.72. The summed E-state index contributed by atoms with van der Waals surface area (Å²) in [6.45, 7) is 8.80. The van der Waals surface area contributed by atoms with Crippen LogP contribution in [-0.2, 0) is 12.8 Å². The fraction of sp³-hybridized carbons (Fsp3) is 0.667. The van der Waals surface area contributed by atoms with E-state index in [1.807, 2.05) is 0 Å². The quantitative estimate of drug-likeness (QED) is 0.767. The molecule has 3 heteroatoms. The summed E-state index contributed by atoms with van der Waals surface area (Å²) < 4.78 is 6.15. The molecule has 120 valence electrons. The minimum Gasteiger partial charge on any atom is -0.492 e. The summed E-state index contributed by atoms with van der Waals surface area (Å²) in [4.78, 5) is 2.56. The molecule has 0 unspecified atom stereocenters. The number of aryl methyl sites for hydroxylation is 2. The average Bonchev–Trinajstić information content (AvgIpc) is 2.76. The third-order valence-corrected chi connectivity index (χ3v) is 4.29. The van der Waals surface area contributed by atoms with E-state index in [2.05, 4.69) is 36.9 Å². The van der Waals surface area contributed by atoms with Gasteiger partial charge >= 0.3 is 0 Å². The van der Waals surface area contributed by atoms with Crippen LogP contribution < -0.4 is 4.74 Å². The Labute approximate surface area is 136 Å². The van der Waals surface area contributed by atoms with E-state index in [1.165, 1.54) is 49.9 Å². The molecule has 0 atom stereocenters. The molecule has 2 rings (SSSR count). The number of hydrogen-bond acceptors (Lipinski definition) is 2. The topological polar surface area (TPSA) is 12.5 Å². The molecular formula is C18H30ClNO. The van der Waals surface area contributed by atoms with Crippen LogP contribution in [0.1, 0.15) is 50.7 Å².